The van der Waals surface area contributed by atoms with Gasteiger partial charge in [-0.2, -0.15) is 0 Å². The van der Waals surface area contributed by atoms with Gasteiger partial charge in [-0.15, -0.1) is 0 Å². The number of nitrogens with one attached hydrogen (secondary N) is 1. The summed E-state index contributed by atoms with van der Waals surface area (Å²) in [5, 5.41) is 9.13. The molecule has 2 heterocycles. The van der Waals surface area contributed by atoms with Crippen molar-refractivity contribution < 1.29 is 9.90 Å². The van der Waals surface area contributed by atoms with Gasteiger partial charge in [-0.25, -0.2) is 4.98 Å². The second-order valence-electron chi connectivity index (χ2n) is 4.70. The molecule has 0 aliphatic carbocycles. The van der Waals surface area contributed by atoms with E-state index in [-0.39, 0.29) is 5.92 Å². The number of aromatic amines is 1. The molecule has 1 aliphatic heterocycles. The van der Waals surface area contributed by atoms with E-state index in [0.717, 1.165) is 36.1 Å². The van der Waals surface area contributed by atoms with Crippen LogP contribution in [0, 0.1) is 5.92 Å². The number of carbonyl (C=O) groups is 1. The average molecular weight is 245 g/mol. The fourth-order valence-electron chi connectivity index (χ4n) is 2.60. The molecule has 1 atom stereocenters. The molecule has 0 saturated carbocycles. The lowest BCUT2D eigenvalue weighted by atomic mass is 9.97. The number of para-hydroxylation sites is 1. The summed E-state index contributed by atoms with van der Waals surface area (Å²) < 4.78 is 0. The number of nitrogens with zero attached hydrogens (tertiary/aromatic N) is 2. The molecule has 1 unspecified atom stereocenters. The summed E-state index contributed by atoms with van der Waals surface area (Å²) in [4.78, 5) is 20.6. The minimum atomic E-state index is -0.700. The van der Waals surface area contributed by atoms with Gasteiger partial charge in [0.2, 0.25) is 0 Å². The van der Waals surface area contributed by atoms with Crippen LogP contribution in [0.3, 0.4) is 0 Å². The number of H-pyrrole nitrogens is 1. The first-order valence-electron chi connectivity index (χ1n) is 6.15. The number of hydrogen-bond acceptors (Lipinski definition) is 3. The van der Waals surface area contributed by atoms with Gasteiger partial charge in [-0.05, 0) is 25.0 Å². The number of hydrogen-bond donors (Lipinski definition) is 2. The molecule has 5 heteroatoms. The van der Waals surface area contributed by atoms with E-state index in [1.54, 1.807) is 6.33 Å². The molecule has 5 nitrogen and oxygen atoms in total. The molecule has 0 spiro atoms. The molecule has 2 N–H and O–H groups in total. The molecule has 1 aromatic heterocycles. The zero-order valence-electron chi connectivity index (χ0n) is 9.97. The average Bonchev–Trinajstić information content (AvgIpc) is 2.87. The number of aromatic nitrogens is 2. The van der Waals surface area contributed by atoms with Crippen LogP contribution in [-0.4, -0.2) is 34.1 Å². The number of aliphatic carboxylic acids is 1. The van der Waals surface area contributed by atoms with E-state index in [1.165, 1.54) is 0 Å². The molecule has 0 amide bonds. The third-order valence-electron chi connectivity index (χ3n) is 3.54. The normalized spacial score (nSPS) is 20.2. The number of carboxylic acid groups (broad SMARTS) is 1. The summed E-state index contributed by atoms with van der Waals surface area (Å²) >= 11 is 0. The summed E-state index contributed by atoms with van der Waals surface area (Å²) in [6.45, 7) is 1.47. The Bertz CT molecular complexity index is 578. The lowest BCUT2D eigenvalue weighted by molar-refractivity contribution is -0.141. The molecule has 2 aromatic rings. The van der Waals surface area contributed by atoms with Gasteiger partial charge < -0.3 is 15.0 Å². The van der Waals surface area contributed by atoms with Crippen LogP contribution < -0.4 is 4.90 Å². The van der Waals surface area contributed by atoms with E-state index in [0.29, 0.717) is 6.54 Å². The number of anilines is 1. The highest BCUT2D eigenvalue weighted by Crippen LogP contribution is 2.28. The molecule has 3 rings (SSSR count). The Morgan fingerprint density at radius 2 is 2.39 bits per heavy atom. The van der Waals surface area contributed by atoms with Crippen LogP contribution in [-0.2, 0) is 4.79 Å². The maximum atomic E-state index is 11.1. The summed E-state index contributed by atoms with van der Waals surface area (Å²) in [5.74, 6) is -0.971. The molecule has 1 aromatic carbocycles. The predicted octanol–water partition coefficient (Wildman–Crippen LogP) is 1.86. The summed E-state index contributed by atoms with van der Waals surface area (Å²) in [6.07, 6.45) is 3.35. The number of benzene rings is 1. The standard InChI is InChI=1S/C13H15N3O2/c17-13(18)9-3-2-6-16(7-9)11-5-1-4-10-12(11)15-8-14-10/h1,4-5,8-9H,2-3,6-7H2,(H,14,15)(H,17,18). The van der Waals surface area contributed by atoms with E-state index >= 15 is 0 Å². The molecule has 1 fully saturated rings. The quantitative estimate of drug-likeness (QED) is 0.847. The Morgan fingerprint density at radius 3 is 3.22 bits per heavy atom. The number of carboxylic acids is 1. The van der Waals surface area contributed by atoms with Crippen LogP contribution in [0.15, 0.2) is 24.5 Å². The highest BCUT2D eigenvalue weighted by molar-refractivity contribution is 5.88. The Balaban J connectivity index is 1.94. The van der Waals surface area contributed by atoms with Crippen molar-refractivity contribution in [1.29, 1.82) is 0 Å². The van der Waals surface area contributed by atoms with Crippen LogP contribution in [0.1, 0.15) is 12.8 Å². The zero-order valence-corrected chi connectivity index (χ0v) is 9.97. The Hall–Kier alpha value is -2.04. The van der Waals surface area contributed by atoms with E-state index in [1.807, 2.05) is 18.2 Å². The molecular formula is C13H15N3O2. The van der Waals surface area contributed by atoms with Crippen LogP contribution >= 0.6 is 0 Å². The number of piperidine rings is 1. The Morgan fingerprint density at radius 1 is 1.50 bits per heavy atom. The first-order chi connectivity index (χ1) is 8.75. The van der Waals surface area contributed by atoms with Crippen molar-refractivity contribution in [2.75, 3.05) is 18.0 Å². The van der Waals surface area contributed by atoms with Crippen LogP contribution in [0.4, 0.5) is 5.69 Å². The molecule has 1 aliphatic rings. The zero-order chi connectivity index (χ0) is 12.5. The van der Waals surface area contributed by atoms with Crippen molar-refractivity contribution in [2.24, 2.45) is 5.92 Å². The van der Waals surface area contributed by atoms with Crippen molar-refractivity contribution in [2.45, 2.75) is 12.8 Å². The second kappa shape index (κ2) is 4.33. The predicted molar refractivity (Wildman–Crippen MR) is 68.7 cm³/mol. The van der Waals surface area contributed by atoms with E-state index in [9.17, 15) is 4.79 Å². The van der Waals surface area contributed by atoms with Crippen LogP contribution in [0.5, 0.6) is 0 Å². The lowest BCUT2D eigenvalue weighted by Crippen LogP contribution is -2.38. The highest BCUT2D eigenvalue weighted by Gasteiger charge is 2.26. The SMILES string of the molecule is O=C(O)C1CCCN(c2cccc3[nH]cnc23)C1. The van der Waals surface area contributed by atoms with Gasteiger partial charge in [0.1, 0.15) is 5.52 Å². The summed E-state index contributed by atoms with van der Waals surface area (Å²) in [6, 6.07) is 5.96. The smallest absolute Gasteiger partial charge is 0.308 e. The fraction of sp³-hybridized carbons (Fsp3) is 0.385. The first-order valence-corrected chi connectivity index (χ1v) is 6.15. The molecule has 18 heavy (non-hydrogen) atoms. The number of fused-ring (bicyclic) bond motifs is 1. The minimum Gasteiger partial charge on any atom is -0.481 e. The van der Waals surface area contributed by atoms with Crippen molar-refractivity contribution in [3.8, 4) is 0 Å². The van der Waals surface area contributed by atoms with Gasteiger partial charge in [0.25, 0.3) is 0 Å². The van der Waals surface area contributed by atoms with Crippen molar-refractivity contribution in [3.63, 3.8) is 0 Å². The summed E-state index contributed by atoms with van der Waals surface area (Å²) in [7, 11) is 0. The van der Waals surface area contributed by atoms with E-state index in [4.69, 9.17) is 5.11 Å². The van der Waals surface area contributed by atoms with Gasteiger partial charge in [-0.3, -0.25) is 4.79 Å². The largest absolute Gasteiger partial charge is 0.481 e. The molecule has 0 radical (unpaired) electrons. The molecular weight excluding hydrogens is 230 g/mol. The fourth-order valence-corrected chi connectivity index (χ4v) is 2.60. The molecule has 1 saturated heterocycles. The van der Waals surface area contributed by atoms with E-state index in [2.05, 4.69) is 14.9 Å². The maximum absolute atomic E-state index is 11.1. The van der Waals surface area contributed by atoms with Crippen molar-refractivity contribution in [3.05, 3.63) is 24.5 Å². The third kappa shape index (κ3) is 1.81. The minimum absolute atomic E-state index is 0.270. The van der Waals surface area contributed by atoms with Gasteiger partial charge >= 0.3 is 5.97 Å². The monoisotopic (exact) mass is 245 g/mol. The topological polar surface area (TPSA) is 69.2 Å². The van der Waals surface area contributed by atoms with Gasteiger partial charge in [-0.1, -0.05) is 6.07 Å². The highest BCUT2D eigenvalue weighted by atomic mass is 16.4. The van der Waals surface area contributed by atoms with Gasteiger partial charge in [0.15, 0.2) is 0 Å². The Labute approximate surface area is 104 Å². The van der Waals surface area contributed by atoms with Gasteiger partial charge in [0.05, 0.1) is 23.4 Å². The third-order valence-corrected chi connectivity index (χ3v) is 3.54. The van der Waals surface area contributed by atoms with Crippen molar-refractivity contribution in [1.82, 2.24) is 9.97 Å². The molecule has 0 bridgehead atoms. The van der Waals surface area contributed by atoms with Gasteiger partial charge in [0, 0.05) is 13.1 Å². The Kier molecular flexibility index (Phi) is 2.66. The second-order valence-corrected chi connectivity index (χ2v) is 4.70. The van der Waals surface area contributed by atoms with Crippen molar-refractivity contribution >= 4 is 22.7 Å². The number of imidazole rings is 1. The maximum Gasteiger partial charge on any atom is 0.308 e. The first kappa shape index (κ1) is 11.1. The van der Waals surface area contributed by atoms with E-state index < -0.39 is 5.97 Å². The summed E-state index contributed by atoms with van der Waals surface area (Å²) in [5.41, 5.74) is 2.94. The number of rotatable bonds is 2. The molecule has 94 valence electrons. The lowest BCUT2D eigenvalue weighted by Gasteiger charge is -2.32. The van der Waals surface area contributed by atoms with Crippen LogP contribution in [0.2, 0.25) is 0 Å². The van der Waals surface area contributed by atoms with Crippen LogP contribution in [0.25, 0.3) is 11.0 Å².